The fraction of sp³-hybridized carbons (Fsp3) is 0.476. The third-order valence-corrected chi connectivity index (χ3v) is 16.4. The number of hydrogen-bond acceptors (Lipinski definition) is 8. The zero-order valence-corrected chi connectivity index (χ0v) is 33.2. The first kappa shape index (κ1) is 37.8. The Bertz CT molecular complexity index is 1950. The highest BCUT2D eigenvalue weighted by atomic mass is 28.3. The molecule has 2 saturated heterocycles. The largest absolute Gasteiger partial charge is 0.497 e. The number of anilines is 2. The van der Waals surface area contributed by atoms with Gasteiger partial charge in [0.2, 0.25) is 5.91 Å². The maximum absolute atomic E-state index is 15.3. The van der Waals surface area contributed by atoms with Crippen LogP contribution in [0.2, 0.25) is 18.6 Å². The van der Waals surface area contributed by atoms with Crippen LogP contribution in [-0.2, 0) is 39.4 Å². The number of fused-ring (bicyclic) bond motifs is 2. The smallest absolute Gasteiger partial charge is 0.264 e. The van der Waals surface area contributed by atoms with Gasteiger partial charge in [-0.25, -0.2) is 0 Å². The summed E-state index contributed by atoms with van der Waals surface area (Å²) in [5.41, 5.74) is 3.11. The van der Waals surface area contributed by atoms with E-state index in [-0.39, 0.29) is 36.0 Å². The summed E-state index contributed by atoms with van der Waals surface area (Å²) in [6, 6.07) is 22.4. The van der Waals surface area contributed by atoms with Crippen LogP contribution in [0.25, 0.3) is 0 Å². The third-order valence-electron chi connectivity index (χ3n) is 12.1. The number of aromatic nitrogens is 3. The van der Waals surface area contributed by atoms with Crippen molar-refractivity contribution in [2.45, 2.75) is 95.3 Å². The lowest BCUT2D eigenvalue weighted by atomic mass is 9.82. The average Bonchev–Trinajstić information content (AvgIpc) is 3.82. The number of amides is 2. The number of benzene rings is 3. The minimum atomic E-state index is -2.34. The van der Waals surface area contributed by atoms with E-state index in [1.54, 1.807) is 14.2 Å². The molecule has 11 nitrogen and oxygen atoms in total. The number of aliphatic hydroxyl groups excluding tert-OH is 1. The van der Waals surface area contributed by atoms with E-state index in [9.17, 15) is 9.90 Å². The molecule has 2 amide bonds. The summed E-state index contributed by atoms with van der Waals surface area (Å²) in [5.74, 6) is 1.41. The van der Waals surface area contributed by atoms with Gasteiger partial charge < -0.3 is 29.1 Å². The van der Waals surface area contributed by atoms with E-state index < -0.39 is 13.7 Å². The second-order valence-corrected chi connectivity index (χ2v) is 20.2. The highest BCUT2D eigenvalue weighted by Crippen LogP contribution is 2.60. The summed E-state index contributed by atoms with van der Waals surface area (Å²) in [5, 5.41) is 19.3. The van der Waals surface area contributed by atoms with E-state index in [0.29, 0.717) is 38.1 Å². The molecule has 286 valence electrons. The molecular formula is C42H53N5O6Si. The number of methoxy groups -OCH3 is 2. The van der Waals surface area contributed by atoms with Gasteiger partial charge in [-0.1, -0.05) is 67.5 Å². The summed E-state index contributed by atoms with van der Waals surface area (Å²) in [6.45, 7) is 8.62. The Labute approximate surface area is 319 Å². The van der Waals surface area contributed by atoms with Crippen LogP contribution < -0.4 is 24.5 Å². The van der Waals surface area contributed by atoms with E-state index in [1.165, 1.54) is 5.19 Å². The SMILES string of the molecule is COc1ccc([Si](C)(C)[C@@H]2[C@@H](CCn3cc(CCO)nn3)O[C@]3(C(=O)N(Cc4ccc(N5CCCCCCC5=O)cc4)c4ccc(OC)cc43)[C@H]2C)cc1. The molecule has 0 saturated carbocycles. The lowest BCUT2D eigenvalue weighted by Gasteiger charge is -2.37. The van der Waals surface area contributed by atoms with E-state index in [1.807, 2.05) is 75.3 Å². The number of aryl methyl sites for hydroxylation is 1. The fourth-order valence-electron chi connectivity index (χ4n) is 9.18. The second-order valence-electron chi connectivity index (χ2n) is 15.5. The molecule has 12 heteroatoms. The highest BCUT2D eigenvalue weighted by Gasteiger charge is 2.66. The molecule has 0 bridgehead atoms. The van der Waals surface area contributed by atoms with Crippen molar-refractivity contribution in [1.82, 2.24) is 15.0 Å². The topological polar surface area (TPSA) is 119 Å². The van der Waals surface area contributed by atoms with E-state index in [0.717, 1.165) is 66.2 Å². The first-order chi connectivity index (χ1) is 26.1. The predicted octanol–water partition coefficient (Wildman–Crippen LogP) is 5.98. The van der Waals surface area contributed by atoms with Crippen LogP contribution in [0.1, 0.15) is 62.3 Å². The van der Waals surface area contributed by atoms with Crippen molar-refractivity contribution in [3.63, 3.8) is 0 Å². The molecule has 0 unspecified atom stereocenters. The summed E-state index contributed by atoms with van der Waals surface area (Å²) < 4.78 is 20.4. The summed E-state index contributed by atoms with van der Waals surface area (Å²) >= 11 is 0. The Balaban J connectivity index is 1.24. The number of carbonyl (C=O) groups excluding carboxylic acids is 2. The van der Waals surface area contributed by atoms with Crippen molar-refractivity contribution in [3.05, 3.63) is 89.7 Å². The Hall–Kier alpha value is -4.52. The highest BCUT2D eigenvalue weighted by molar-refractivity contribution is 6.91. The molecule has 3 aliphatic heterocycles. The van der Waals surface area contributed by atoms with Gasteiger partial charge in [-0.15, -0.1) is 5.10 Å². The first-order valence-electron chi connectivity index (χ1n) is 19.3. The molecule has 54 heavy (non-hydrogen) atoms. The van der Waals surface area contributed by atoms with Gasteiger partial charge in [0.15, 0.2) is 5.60 Å². The van der Waals surface area contributed by atoms with Gasteiger partial charge in [-0.05, 0) is 72.8 Å². The van der Waals surface area contributed by atoms with Crippen molar-refractivity contribution in [3.8, 4) is 11.5 Å². The third kappa shape index (κ3) is 6.95. The molecule has 1 N–H and O–H groups in total. The van der Waals surface area contributed by atoms with Crippen molar-refractivity contribution < 1.29 is 28.9 Å². The molecule has 4 aromatic rings. The van der Waals surface area contributed by atoms with Crippen LogP contribution in [0, 0.1) is 5.92 Å². The maximum Gasteiger partial charge on any atom is 0.264 e. The average molecular weight is 752 g/mol. The Morgan fingerprint density at radius 1 is 0.944 bits per heavy atom. The van der Waals surface area contributed by atoms with Gasteiger partial charge in [0.25, 0.3) is 5.91 Å². The number of carbonyl (C=O) groups is 2. The second kappa shape index (κ2) is 15.7. The van der Waals surface area contributed by atoms with Gasteiger partial charge in [0, 0.05) is 55.9 Å². The number of ether oxygens (including phenoxy) is 3. The van der Waals surface area contributed by atoms with Crippen molar-refractivity contribution >= 4 is 36.4 Å². The number of aliphatic hydroxyl groups is 1. The van der Waals surface area contributed by atoms with Crippen LogP contribution in [-0.4, -0.2) is 73.5 Å². The summed E-state index contributed by atoms with van der Waals surface area (Å²) in [4.78, 5) is 32.0. The van der Waals surface area contributed by atoms with Crippen LogP contribution in [0.5, 0.6) is 11.5 Å². The zero-order chi connectivity index (χ0) is 38.0. The molecular weight excluding hydrogens is 699 g/mol. The number of hydrogen-bond donors (Lipinski definition) is 1. The van der Waals surface area contributed by atoms with E-state index >= 15 is 4.79 Å². The standard InChI is InChI=1S/C42H53N5O6Si/c1-29-40(54(4,5)35-18-15-33(51-2)16-19-35)38(21-24-45-28-31(22-25-48)43-44-45)53-42(29)36-26-34(52-3)17-20-37(36)47(41(42)50)27-30-11-13-32(14-12-30)46-23-9-7-6-8-10-39(46)49/h11-20,26,28-29,38,40,48H,6-10,21-25,27H2,1-5H3/t29-,38+,40-,42+/m0/s1. The lowest BCUT2D eigenvalue weighted by molar-refractivity contribution is -0.146. The van der Waals surface area contributed by atoms with Gasteiger partial charge in [0.1, 0.15) is 11.5 Å². The Kier molecular flexibility index (Phi) is 11.0. The summed E-state index contributed by atoms with van der Waals surface area (Å²) in [7, 11) is 0.979. The molecule has 7 rings (SSSR count). The predicted molar refractivity (Wildman–Crippen MR) is 211 cm³/mol. The summed E-state index contributed by atoms with van der Waals surface area (Å²) in [6.07, 6.45) is 7.46. The molecule has 4 heterocycles. The van der Waals surface area contributed by atoms with E-state index in [2.05, 4.69) is 42.5 Å². The Morgan fingerprint density at radius 3 is 2.39 bits per heavy atom. The maximum atomic E-state index is 15.3. The van der Waals surface area contributed by atoms with Crippen LogP contribution in [0.3, 0.4) is 0 Å². The minimum absolute atomic E-state index is 0.0118. The van der Waals surface area contributed by atoms with Crippen LogP contribution in [0.4, 0.5) is 11.4 Å². The first-order valence-corrected chi connectivity index (χ1v) is 22.4. The van der Waals surface area contributed by atoms with Gasteiger partial charge in [-0.3, -0.25) is 14.3 Å². The monoisotopic (exact) mass is 751 g/mol. The zero-order valence-electron chi connectivity index (χ0n) is 32.2. The molecule has 0 radical (unpaired) electrons. The molecule has 3 aromatic carbocycles. The fourth-order valence-corrected chi connectivity index (χ4v) is 13.2. The minimum Gasteiger partial charge on any atom is -0.497 e. The molecule has 2 fully saturated rings. The number of nitrogens with zero attached hydrogens (tertiary/aromatic N) is 5. The molecule has 1 spiro atoms. The molecule has 3 aliphatic rings. The van der Waals surface area contributed by atoms with Crippen molar-refractivity contribution in [2.24, 2.45) is 5.92 Å². The van der Waals surface area contributed by atoms with E-state index in [4.69, 9.17) is 14.2 Å². The Morgan fingerprint density at radius 2 is 1.67 bits per heavy atom. The molecule has 0 aliphatic carbocycles. The van der Waals surface area contributed by atoms with Crippen LogP contribution >= 0.6 is 0 Å². The van der Waals surface area contributed by atoms with Gasteiger partial charge >= 0.3 is 0 Å². The normalized spacial score (nSPS) is 23.1. The van der Waals surface area contributed by atoms with Crippen molar-refractivity contribution in [1.29, 1.82) is 0 Å². The number of rotatable bonds is 12. The van der Waals surface area contributed by atoms with Gasteiger partial charge in [-0.2, -0.15) is 0 Å². The quantitative estimate of drug-likeness (QED) is 0.176. The van der Waals surface area contributed by atoms with Crippen molar-refractivity contribution in [2.75, 3.05) is 37.2 Å². The molecule has 1 aromatic heterocycles. The molecule has 4 atom stereocenters. The van der Waals surface area contributed by atoms with Crippen LogP contribution in [0.15, 0.2) is 72.9 Å². The van der Waals surface area contributed by atoms with Gasteiger partial charge in [0.05, 0.1) is 46.3 Å². The lowest BCUT2D eigenvalue weighted by Crippen LogP contribution is -2.51.